The van der Waals surface area contributed by atoms with Crippen LogP contribution in [0.3, 0.4) is 0 Å². The number of hydrogen-bond donors (Lipinski definition) is 2. The van der Waals surface area contributed by atoms with Crippen molar-refractivity contribution in [2.75, 3.05) is 32.2 Å². The van der Waals surface area contributed by atoms with E-state index in [-0.39, 0.29) is 6.03 Å². The van der Waals surface area contributed by atoms with Gasteiger partial charge in [0.1, 0.15) is 12.4 Å². The van der Waals surface area contributed by atoms with E-state index in [1.165, 1.54) is 0 Å². The van der Waals surface area contributed by atoms with Crippen LogP contribution in [0.25, 0.3) is 0 Å². The van der Waals surface area contributed by atoms with Crippen molar-refractivity contribution in [1.82, 2.24) is 5.32 Å². The van der Waals surface area contributed by atoms with Crippen molar-refractivity contribution in [3.05, 3.63) is 24.3 Å². The first-order valence-electron chi connectivity index (χ1n) is 6.03. The van der Waals surface area contributed by atoms with Gasteiger partial charge in [-0.1, -0.05) is 6.92 Å². The lowest BCUT2D eigenvalue weighted by Gasteiger charge is -2.08. The summed E-state index contributed by atoms with van der Waals surface area (Å²) in [7, 11) is 1.63. The number of benzene rings is 1. The third kappa shape index (κ3) is 5.54. The van der Waals surface area contributed by atoms with Crippen LogP contribution < -0.4 is 15.4 Å². The highest BCUT2D eigenvalue weighted by Crippen LogP contribution is 2.15. The van der Waals surface area contributed by atoms with Crippen LogP contribution in [0.2, 0.25) is 0 Å². The zero-order valence-corrected chi connectivity index (χ0v) is 10.9. The van der Waals surface area contributed by atoms with Gasteiger partial charge in [-0.2, -0.15) is 0 Å². The quantitative estimate of drug-likeness (QED) is 0.732. The molecule has 0 saturated carbocycles. The Kier molecular flexibility index (Phi) is 6.64. The number of urea groups is 1. The number of methoxy groups -OCH3 is 1. The summed E-state index contributed by atoms with van der Waals surface area (Å²) in [5.74, 6) is 0.756. The Bertz CT molecular complexity index is 352. The lowest BCUT2D eigenvalue weighted by atomic mass is 10.3. The number of rotatable bonds is 7. The van der Waals surface area contributed by atoms with Crippen molar-refractivity contribution in [2.24, 2.45) is 0 Å². The minimum absolute atomic E-state index is 0.190. The molecule has 0 unspecified atom stereocenters. The largest absolute Gasteiger partial charge is 0.491 e. The molecule has 0 aliphatic rings. The van der Waals surface area contributed by atoms with Gasteiger partial charge < -0.3 is 20.1 Å². The summed E-state index contributed by atoms with van der Waals surface area (Å²) < 4.78 is 10.3. The van der Waals surface area contributed by atoms with Crippen LogP contribution >= 0.6 is 0 Å². The highest BCUT2D eigenvalue weighted by atomic mass is 16.5. The SMILES string of the molecule is CCCNC(=O)Nc1ccc(OCCOC)cc1. The Morgan fingerprint density at radius 3 is 2.56 bits per heavy atom. The molecule has 0 aliphatic heterocycles. The van der Waals surface area contributed by atoms with E-state index in [0.717, 1.165) is 17.9 Å². The van der Waals surface area contributed by atoms with Gasteiger partial charge in [0, 0.05) is 19.3 Å². The monoisotopic (exact) mass is 252 g/mol. The number of hydrogen-bond acceptors (Lipinski definition) is 3. The number of carbonyl (C=O) groups excluding carboxylic acids is 1. The number of ether oxygens (including phenoxy) is 2. The summed E-state index contributed by atoms with van der Waals surface area (Å²) in [6.45, 7) is 3.75. The van der Waals surface area contributed by atoms with E-state index in [0.29, 0.717) is 19.8 Å². The second-order valence-electron chi connectivity index (χ2n) is 3.75. The first kappa shape index (κ1) is 14.3. The van der Waals surface area contributed by atoms with Crippen LogP contribution in [0.1, 0.15) is 13.3 Å². The molecule has 1 aromatic carbocycles. The van der Waals surface area contributed by atoms with Crippen molar-refractivity contribution in [2.45, 2.75) is 13.3 Å². The molecular weight excluding hydrogens is 232 g/mol. The standard InChI is InChI=1S/C13H20N2O3/c1-3-8-14-13(16)15-11-4-6-12(7-5-11)18-10-9-17-2/h4-7H,3,8-10H2,1-2H3,(H2,14,15,16). The molecule has 1 rings (SSSR count). The Morgan fingerprint density at radius 1 is 1.22 bits per heavy atom. The van der Waals surface area contributed by atoms with E-state index < -0.39 is 0 Å². The molecule has 0 spiro atoms. The van der Waals surface area contributed by atoms with Crippen LogP contribution in [0.15, 0.2) is 24.3 Å². The van der Waals surface area contributed by atoms with Gasteiger partial charge in [0.05, 0.1) is 6.61 Å². The van der Waals surface area contributed by atoms with Gasteiger partial charge in [-0.05, 0) is 30.7 Å². The average molecular weight is 252 g/mol. The first-order chi connectivity index (χ1) is 8.76. The second-order valence-corrected chi connectivity index (χ2v) is 3.75. The fraction of sp³-hybridized carbons (Fsp3) is 0.462. The van der Waals surface area contributed by atoms with E-state index in [9.17, 15) is 4.79 Å². The van der Waals surface area contributed by atoms with Gasteiger partial charge in [-0.25, -0.2) is 4.79 Å². The minimum atomic E-state index is -0.190. The van der Waals surface area contributed by atoms with E-state index in [2.05, 4.69) is 10.6 Å². The minimum Gasteiger partial charge on any atom is -0.491 e. The molecule has 0 fully saturated rings. The van der Waals surface area contributed by atoms with E-state index in [1.807, 2.05) is 19.1 Å². The molecule has 18 heavy (non-hydrogen) atoms. The van der Waals surface area contributed by atoms with Crippen molar-refractivity contribution in [1.29, 1.82) is 0 Å². The topological polar surface area (TPSA) is 59.6 Å². The summed E-state index contributed by atoms with van der Waals surface area (Å²) in [4.78, 5) is 11.4. The molecule has 2 N–H and O–H groups in total. The molecule has 2 amide bonds. The van der Waals surface area contributed by atoms with Gasteiger partial charge in [0.15, 0.2) is 0 Å². The highest BCUT2D eigenvalue weighted by molar-refractivity contribution is 5.89. The third-order valence-electron chi connectivity index (χ3n) is 2.20. The van der Waals surface area contributed by atoms with Gasteiger partial charge in [0.25, 0.3) is 0 Å². The molecular formula is C13H20N2O3. The van der Waals surface area contributed by atoms with Crippen molar-refractivity contribution < 1.29 is 14.3 Å². The summed E-state index contributed by atoms with van der Waals surface area (Å²) in [5, 5.41) is 5.48. The van der Waals surface area contributed by atoms with Crippen LogP contribution in [0.4, 0.5) is 10.5 Å². The highest BCUT2D eigenvalue weighted by Gasteiger charge is 2.00. The fourth-order valence-electron chi connectivity index (χ4n) is 1.29. The van der Waals surface area contributed by atoms with Crippen molar-refractivity contribution in [3.63, 3.8) is 0 Å². The molecule has 0 atom stereocenters. The molecule has 0 radical (unpaired) electrons. The van der Waals surface area contributed by atoms with Crippen LogP contribution in [-0.4, -0.2) is 32.9 Å². The Balaban J connectivity index is 2.37. The van der Waals surface area contributed by atoms with Crippen LogP contribution in [-0.2, 0) is 4.74 Å². The van der Waals surface area contributed by atoms with E-state index in [4.69, 9.17) is 9.47 Å². The maximum atomic E-state index is 11.4. The summed E-state index contributed by atoms with van der Waals surface area (Å²) in [6.07, 6.45) is 0.916. The molecule has 0 bridgehead atoms. The number of carbonyl (C=O) groups is 1. The van der Waals surface area contributed by atoms with Crippen LogP contribution in [0, 0.1) is 0 Å². The second kappa shape index (κ2) is 8.36. The Morgan fingerprint density at radius 2 is 1.94 bits per heavy atom. The van der Waals surface area contributed by atoms with Gasteiger partial charge >= 0.3 is 6.03 Å². The summed E-state index contributed by atoms with van der Waals surface area (Å²) in [5.41, 5.74) is 0.739. The van der Waals surface area contributed by atoms with E-state index >= 15 is 0 Å². The number of anilines is 1. The normalized spacial score (nSPS) is 9.89. The molecule has 5 heteroatoms. The van der Waals surface area contributed by atoms with Crippen molar-refractivity contribution in [3.8, 4) is 5.75 Å². The van der Waals surface area contributed by atoms with Crippen molar-refractivity contribution >= 4 is 11.7 Å². The zero-order chi connectivity index (χ0) is 13.2. The predicted octanol–water partition coefficient (Wildman–Crippen LogP) is 2.24. The van der Waals surface area contributed by atoms with Gasteiger partial charge in [0.2, 0.25) is 0 Å². The molecule has 1 aromatic rings. The average Bonchev–Trinajstić information content (AvgIpc) is 2.39. The first-order valence-corrected chi connectivity index (χ1v) is 6.03. The zero-order valence-electron chi connectivity index (χ0n) is 10.9. The predicted molar refractivity (Wildman–Crippen MR) is 71.1 cm³/mol. The molecule has 0 saturated heterocycles. The maximum Gasteiger partial charge on any atom is 0.319 e. The molecule has 0 heterocycles. The summed E-state index contributed by atoms with van der Waals surface area (Å²) in [6, 6.07) is 7.03. The van der Waals surface area contributed by atoms with Gasteiger partial charge in [-0.3, -0.25) is 0 Å². The third-order valence-corrected chi connectivity index (χ3v) is 2.20. The molecule has 0 aromatic heterocycles. The summed E-state index contributed by atoms with van der Waals surface area (Å²) >= 11 is 0. The maximum absolute atomic E-state index is 11.4. The Labute approximate surface area is 107 Å². The van der Waals surface area contributed by atoms with Gasteiger partial charge in [-0.15, -0.1) is 0 Å². The lowest BCUT2D eigenvalue weighted by Crippen LogP contribution is -2.29. The molecule has 100 valence electrons. The Hall–Kier alpha value is -1.75. The fourth-order valence-corrected chi connectivity index (χ4v) is 1.29. The van der Waals surface area contributed by atoms with E-state index in [1.54, 1.807) is 19.2 Å². The number of nitrogens with one attached hydrogen (secondary N) is 2. The molecule has 0 aliphatic carbocycles. The molecule has 5 nitrogen and oxygen atoms in total. The number of amides is 2. The van der Waals surface area contributed by atoms with Crippen LogP contribution in [0.5, 0.6) is 5.75 Å². The lowest BCUT2D eigenvalue weighted by molar-refractivity contribution is 0.146. The smallest absolute Gasteiger partial charge is 0.319 e.